The molecule has 2 aromatic rings. The van der Waals surface area contributed by atoms with E-state index in [9.17, 15) is 13.2 Å². The number of nitrogens with zero attached hydrogens (tertiary/aromatic N) is 2. The molecule has 0 atom stereocenters. The van der Waals surface area contributed by atoms with Gasteiger partial charge in [0.25, 0.3) is 5.91 Å². The second kappa shape index (κ2) is 6.29. The minimum Gasteiger partial charge on any atom is -0.346 e. The van der Waals surface area contributed by atoms with Gasteiger partial charge >= 0.3 is 0 Å². The van der Waals surface area contributed by atoms with Crippen molar-refractivity contribution in [3.05, 3.63) is 30.1 Å². The second-order valence-electron chi connectivity index (χ2n) is 5.70. The van der Waals surface area contributed by atoms with Gasteiger partial charge in [-0.3, -0.25) is 4.79 Å². The molecule has 7 nitrogen and oxygen atoms in total. The van der Waals surface area contributed by atoms with E-state index in [0.717, 1.165) is 5.39 Å². The van der Waals surface area contributed by atoms with Gasteiger partial charge in [0, 0.05) is 30.7 Å². The van der Waals surface area contributed by atoms with Gasteiger partial charge in [0.2, 0.25) is 10.0 Å². The molecule has 0 saturated carbocycles. The van der Waals surface area contributed by atoms with Crippen LogP contribution < -0.4 is 4.72 Å². The number of sulfonamides is 1. The zero-order chi connectivity index (χ0) is 16.4. The van der Waals surface area contributed by atoms with Crippen LogP contribution in [0.2, 0.25) is 0 Å². The van der Waals surface area contributed by atoms with Crippen molar-refractivity contribution in [1.29, 1.82) is 0 Å². The molecule has 1 aliphatic heterocycles. The Morgan fingerprint density at radius 1 is 1.35 bits per heavy atom. The third-order valence-corrected chi connectivity index (χ3v) is 5.59. The molecule has 124 valence electrons. The third kappa shape index (κ3) is 3.53. The molecule has 2 aromatic heterocycles. The number of fused-ring (bicyclic) bond motifs is 1. The number of nitrogens with one attached hydrogen (secondary N) is 2. The summed E-state index contributed by atoms with van der Waals surface area (Å²) in [6.45, 7) is 2.67. The lowest BCUT2D eigenvalue weighted by atomic mass is 10.1. The van der Waals surface area contributed by atoms with Gasteiger partial charge in [-0.15, -0.1) is 0 Å². The van der Waals surface area contributed by atoms with Crippen molar-refractivity contribution in [1.82, 2.24) is 19.6 Å². The molecular formula is C15H20N4O3S. The minimum absolute atomic E-state index is 0.0756. The Labute approximate surface area is 135 Å². The van der Waals surface area contributed by atoms with Crippen LogP contribution in [-0.2, 0) is 10.0 Å². The summed E-state index contributed by atoms with van der Waals surface area (Å²) in [6, 6.07) is 5.41. The monoisotopic (exact) mass is 336 g/mol. The van der Waals surface area contributed by atoms with Gasteiger partial charge in [-0.1, -0.05) is 0 Å². The Morgan fingerprint density at radius 2 is 2.09 bits per heavy atom. The predicted octanol–water partition coefficient (Wildman–Crippen LogP) is 1.11. The fourth-order valence-electron chi connectivity index (χ4n) is 2.75. The Kier molecular flexibility index (Phi) is 4.36. The predicted molar refractivity (Wildman–Crippen MR) is 87.6 cm³/mol. The molecule has 1 amide bonds. The minimum atomic E-state index is -3.20. The first-order valence-electron chi connectivity index (χ1n) is 7.72. The molecule has 23 heavy (non-hydrogen) atoms. The van der Waals surface area contributed by atoms with Crippen LogP contribution in [0, 0.1) is 0 Å². The molecule has 0 unspecified atom stereocenters. The largest absolute Gasteiger partial charge is 0.346 e. The Morgan fingerprint density at radius 3 is 2.78 bits per heavy atom. The van der Waals surface area contributed by atoms with Gasteiger partial charge in [0.05, 0.1) is 5.75 Å². The molecule has 8 heteroatoms. The first kappa shape index (κ1) is 15.9. The number of aromatic nitrogens is 2. The molecule has 2 N–H and O–H groups in total. The normalized spacial score (nSPS) is 16.8. The van der Waals surface area contributed by atoms with Gasteiger partial charge in [0.15, 0.2) is 0 Å². The zero-order valence-electron chi connectivity index (χ0n) is 12.9. The maximum atomic E-state index is 12.5. The Bertz CT molecular complexity index is 807. The standard InChI is InChI=1S/C15H20N4O3S/c1-2-23(21,22)18-12-6-9-19(10-7-12)15(20)13-4-3-11-5-8-16-14(11)17-13/h3-5,8,12,18H,2,6-7,9-10H2,1H3,(H,16,17). The fraction of sp³-hybridized carbons (Fsp3) is 0.467. The van der Waals surface area contributed by atoms with Crippen LogP contribution in [-0.4, -0.2) is 54.1 Å². The first-order valence-corrected chi connectivity index (χ1v) is 9.37. The van der Waals surface area contributed by atoms with Crippen LogP contribution in [0.25, 0.3) is 11.0 Å². The van der Waals surface area contributed by atoms with Crippen molar-refractivity contribution in [2.75, 3.05) is 18.8 Å². The average Bonchev–Trinajstić information content (AvgIpc) is 3.02. The molecule has 3 rings (SSSR count). The summed E-state index contributed by atoms with van der Waals surface area (Å²) in [4.78, 5) is 21.6. The summed E-state index contributed by atoms with van der Waals surface area (Å²) in [5, 5.41) is 0.967. The van der Waals surface area contributed by atoms with Gasteiger partial charge in [-0.05, 0) is 38.0 Å². The number of piperidine rings is 1. The molecule has 1 saturated heterocycles. The topological polar surface area (TPSA) is 95.2 Å². The molecular weight excluding hydrogens is 316 g/mol. The van der Waals surface area contributed by atoms with Crippen LogP contribution in [0.5, 0.6) is 0 Å². The molecule has 0 aromatic carbocycles. The molecule has 1 aliphatic rings. The smallest absolute Gasteiger partial charge is 0.272 e. The summed E-state index contributed by atoms with van der Waals surface area (Å²) >= 11 is 0. The molecule has 0 aliphatic carbocycles. The summed E-state index contributed by atoms with van der Waals surface area (Å²) in [7, 11) is -3.20. The van der Waals surface area contributed by atoms with E-state index in [0.29, 0.717) is 37.3 Å². The Hall–Kier alpha value is -1.93. The molecule has 0 bridgehead atoms. The van der Waals surface area contributed by atoms with Crippen molar-refractivity contribution < 1.29 is 13.2 Å². The van der Waals surface area contributed by atoms with Gasteiger partial charge < -0.3 is 9.88 Å². The number of amides is 1. The van der Waals surface area contributed by atoms with Crippen molar-refractivity contribution in [2.24, 2.45) is 0 Å². The van der Waals surface area contributed by atoms with E-state index in [-0.39, 0.29) is 17.7 Å². The zero-order valence-corrected chi connectivity index (χ0v) is 13.8. The highest BCUT2D eigenvalue weighted by atomic mass is 32.2. The van der Waals surface area contributed by atoms with Crippen molar-refractivity contribution in [3.8, 4) is 0 Å². The summed E-state index contributed by atoms with van der Waals surface area (Å²) in [6.07, 6.45) is 3.03. The van der Waals surface area contributed by atoms with E-state index in [1.54, 1.807) is 24.1 Å². The Balaban J connectivity index is 1.64. The highest BCUT2D eigenvalue weighted by molar-refractivity contribution is 7.89. The molecule has 0 spiro atoms. The summed E-state index contributed by atoms with van der Waals surface area (Å²) in [5.74, 6) is -0.0371. The van der Waals surface area contributed by atoms with E-state index in [1.807, 2.05) is 12.1 Å². The number of hydrogen-bond acceptors (Lipinski definition) is 4. The molecule has 0 radical (unpaired) electrons. The highest BCUT2D eigenvalue weighted by Gasteiger charge is 2.26. The van der Waals surface area contributed by atoms with Crippen LogP contribution in [0.1, 0.15) is 30.3 Å². The van der Waals surface area contributed by atoms with E-state index in [1.165, 1.54) is 0 Å². The maximum Gasteiger partial charge on any atom is 0.272 e. The summed E-state index contributed by atoms with van der Waals surface area (Å²) < 4.78 is 25.9. The maximum absolute atomic E-state index is 12.5. The first-order chi connectivity index (χ1) is 11.0. The van der Waals surface area contributed by atoms with E-state index in [2.05, 4.69) is 14.7 Å². The van der Waals surface area contributed by atoms with Crippen molar-refractivity contribution >= 4 is 27.0 Å². The number of rotatable bonds is 4. The lowest BCUT2D eigenvalue weighted by Gasteiger charge is -2.32. The van der Waals surface area contributed by atoms with E-state index >= 15 is 0 Å². The number of aromatic amines is 1. The average molecular weight is 336 g/mol. The number of hydrogen-bond donors (Lipinski definition) is 2. The highest BCUT2D eigenvalue weighted by Crippen LogP contribution is 2.16. The fourth-order valence-corrected chi connectivity index (χ4v) is 3.66. The van der Waals surface area contributed by atoms with Crippen LogP contribution >= 0.6 is 0 Å². The van der Waals surface area contributed by atoms with E-state index in [4.69, 9.17) is 0 Å². The number of likely N-dealkylation sites (tertiary alicyclic amines) is 1. The SMILES string of the molecule is CCS(=O)(=O)NC1CCN(C(=O)c2ccc3cc[nH]c3n2)CC1. The lowest BCUT2D eigenvalue weighted by molar-refractivity contribution is 0.0705. The van der Waals surface area contributed by atoms with Gasteiger partial charge in [-0.25, -0.2) is 18.1 Å². The number of carbonyl (C=O) groups excluding carboxylic acids is 1. The van der Waals surface area contributed by atoms with Crippen molar-refractivity contribution in [2.45, 2.75) is 25.8 Å². The third-order valence-electron chi connectivity index (χ3n) is 4.14. The number of H-pyrrole nitrogens is 1. The van der Waals surface area contributed by atoms with Crippen molar-refractivity contribution in [3.63, 3.8) is 0 Å². The van der Waals surface area contributed by atoms with Gasteiger partial charge in [0.1, 0.15) is 11.3 Å². The van der Waals surface area contributed by atoms with Gasteiger partial charge in [-0.2, -0.15) is 0 Å². The summed E-state index contributed by atoms with van der Waals surface area (Å²) in [5.41, 5.74) is 1.11. The molecule has 3 heterocycles. The number of pyridine rings is 1. The van der Waals surface area contributed by atoms with Crippen LogP contribution in [0.3, 0.4) is 0 Å². The lowest BCUT2D eigenvalue weighted by Crippen LogP contribution is -2.47. The second-order valence-corrected chi connectivity index (χ2v) is 7.74. The number of carbonyl (C=O) groups is 1. The van der Waals surface area contributed by atoms with Crippen LogP contribution in [0.15, 0.2) is 24.4 Å². The van der Waals surface area contributed by atoms with Crippen LogP contribution in [0.4, 0.5) is 0 Å². The quantitative estimate of drug-likeness (QED) is 0.874. The van der Waals surface area contributed by atoms with E-state index < -0.39 is 10.0 Å². The molecule has 1 fully saturated rings.